The molecule has 0 radical (unpaired) electrons. The Hall–Kier alpha value is -2.37. The van der Waals surface area contributed by atoms with Crippen LogP contribution in [0.1, 0.15) is 20.8 Å². The van der Waals surface area contributed by atoms with E-state index in [1.165, 1.54) is 0 Å². The van der Waals surface area contributed by atoms with E-state index in [1.54, 1.807) is 17.5 Å². The van der Waals surface area contributed by atoms with Gasteiger partial charge in [0.25, 0.3) is 0 Å². The van der Waals surface area contributed by atoms with Gasteiger partial charge in [-0.3, -0.25) is 4.98 Å². The zero-order valence-corrected chi connectivity index (χ0v) is 16.4. The fourth-order valence-electron chi connectivity index (χ4n) is 2.77. The third kappa shape index (κ3) is 3.59. The van der Waals surface area contributed by atoms with Crippen molar-refractivity contribution in [2.75, 3.05) is 10.6 Å². The van der Waals surface area contributed by atoms with Crippen molar-refractivity contribution in [2.45, 2.75) is 26.3 Å². The first-order chi connectivity index (χ1) is 12.4. The van der Waals surface area contributed by atoms with E-state index in [9.17, 15) is 0 Å². The molecule has 2 heterocycles. The monoisotopic (exact) mass is 382 g/mol. The van der Waals surface area contributed by atoms with Crippen molar-refractivity contribution >= 4 is 60.6 Å². The number of nitrogens with one attached hydrogen (secondary N) is 2. The molecule has 0 bridgehead atoms. The van der Waals surface area contributed by atoms with Crippen LogP contribution in [0.25, 0.3) is 21.1 Å². The molecule has 4 nitrogen and oxygen atoms in total. The van der Waals surface area contributed by atoms with Crippen LogP contribution in [-0.2, 0) is 0 Å². The third-order valence-corrected chi connectivity index (χ3v) is 5.04. The van der Waals surface area contributed by atoms with Gasteiger partial charge in [-0.15, -0.1) is 0 Å². The highest BCUT2D eigenvalue weighted by molar-refractivity contribution is 7.22. The van der Waals surface area contributed by atoms with E-state index in [-0.39, 0.29) is 5.54 Å². The van der Waals surface area contributed by atoms with Crippen LogP contribution in [-0.4, -0.2) is 15.5 Å². The Labute approximate surface area is 161 Å². The summed E-state index contributed by atoms with van der Waals surface area (Å²) in [6.07, 6.45) is 1.79. The molecular formula is C20H19ClN4S. The van der Waals surface area contributed by atoms with Crippen molar-refractivity contribution in [2.24, 2.45) is 0 Å². The second-order valence-electron chi connectivity index (χ2n) is 7.22. The average molecular weight is 383 g/mol. The highest BCUT2D eigenvalue weighted by Gasteiger charge is 2.13. The molecule has 0 aliphatic heterocycles. The second kappa shape index (κ2) is 6.41. The van der Waals surface area contributed by atoms with Crippen LogP contribution in [0.4, 0.5) is 16.5 Å². The standard InChI is InChI=1S/C20H19ClN4S/c1-20(2,3)25-19-24-17-11-13(5-7-18(17)26-19)23-15-8-9-22-16-10-12(21)4-6-14(15)16/h4-11H,1-3H3,(H,22,23)(H,24,25). The molecule has 2 N–H and O–H groups in total. The normalized spacial score (nSPS) is 11.8. The maximum Gasteiger partial charge on any atom is 0.184 e. The van der Waals surface area contributed by atoms with Crippen LogP contribution >= 0.6 is 22.9 Å². The molecule has 0 amide bonds. The summed E-state index contributed by atoms with van der Waals surface area (Å²) in [5.74, 6) is 0. The van der Waals surface area contributed by atoms with E-state index in [2.05, 4.69) is 54.6 Å². The predicted octanol–water partition coefficient (Wildman–Crippen LogP) is 6.45. The minimum Gasteiger partial charge on any atom is -0.357 e. The third-order valence-electron chi connectivity index (χ3n) is 3.85. The summed E-state index contributed by atoms with van der Waals surface area (Å²) in [6, 6.07) is 13.9. The highest BCUT2D eigenvalue weighted by Crippen LogP contribution is 2.32. The van der Waals surface area contributed by atoms with E-state index >= 15 is 0 Å². The van der Waals surface area contributed by atoms with E-state index in [0.717, 1.165) is 37.6 Å². The van der Waals surface area contributed by atoms with Gasteiger partial charge in [-0.2, -0.15) is 0 Å². The lowest BCUT2D eigenvalue weighted by molar-refractivity contribution is 0.633. The quantitative estimate of drug-likeness (QED) is 0.427. The zero-order chi connectivity index (χ0) is 18.3. The van der Waals surface area contributed by atoms with Crippen molar-refractivity contribution in [3.8, 4) is 0 Å². The molecule has 0 saturated heterocycles. The Morgan fingerprint density at radius 3 is 2.65 bits per heavy atom. The van der Waals surface area contributed by atoms with Crippen molar-refractivity contribution in [3.05, 3.63) is 53.7 Å². The van der Waals surface area contributed by atoms with Crippen LogP contribution in [0.3, 0.4) is 0 Å². The first kappa shape index (κ1) is 17.1. The number of pyridine rings is 1. The van der Waals surface area contributed by atoms with E-state index < -0.39 is 0 Å². The van der Waals surface area contributed by atoms with Gasteiger partial charge in [0.1, 0.15) is 0 Å². The minimum absolute atomic E-state index is 0.00775. The van der Waals surface area contributed by atoms with Crippen molar-refractivity contribution < 1.29 is 0 Å². The predicted molar refractivity (Wildman–Crippen MR) is 113 cm³/mol. The van der Waals surface area contributed by atoms with Gasteiger partial charge in [0.15, 0.2) is 5.13 Å². The molecule has 26 heavy (non-hydrogen) atoms. The van der Waals surface area contributed by atoms with E-state index in [0.29, 0.717) is 5.02 Å². The SMILES string of the molecule is CC(C)(C)Nc1nc2cc(Nc3ccnc4cc(Cl)ccc34)ccc2s1. The summed E-state index contributed by atoms with van der Waals surface area (Å²) in [5, 5.41) is 9.57. The van der Waals surface area contributed by atoms with Crippen molar-refractivity contribution in [3.63, 3.8) is 0 Å². The van der Waals surface area contributed by atoms with Gasteiger partial charge in [-0.05, 0) is 63.2 Å². The average Bonchev–Trinajstić information content (AvgIpc) is 2.94. The number of hydrogen-bond acceptors (Lipinski definition) is 5. The van der Waals surface area contributed by atoms with Crippen LogP contribution < -0.4 is 10.6 Å². The Balaban J connectivity index is 1.67. The molecule has 0 aliphatic rings. The Morgan fingerprint density at radius 2 is 1.85 bits per heavy atom. The van der Waals surface area contributed by atoms with Gasteiger partial charge in [0.2, 0.25) is 0 Å². The number of aromatic nitrogens is 2. The molecule has 0 saturated carbocycles. The molecule has 0 aliphatic carbocycles. The molecule has 132 valence electrons. The molecule has 4 aromatic rings. The molecule has 2 aromatic heterocycles. The van der Waals surface area contributed by atoms with Crippen molar-refractivity contribution in [1.29, 1.82) is 0 Å². The molecule has 4 rings (SSSR count). The van der Waals surface area contributed by atoms with Gasteiger partial charge in [0, 0.05) is 33.5 Å². The van der Waals surface area contributed by atoms with Gasteiger partial charge < -0.3 is 10.6 Å². The van der Waals surface area contributed by atoms with Gasteiger partial charge in [-0.25, -0.2) is 4.98 Å². The van der Waals surface area contributed by atoms with Crippen LogP contribution in [0, 0.1) is 0 Å². The summed E-state index contributed by atoms with van der Waals surface area (Å²) >= 11 is 7.74. The molecule has 6 heteroatoms. The number of rotatable bonds is 3. The number of anilines is 3. The lowest BCUT2D eigenvalue weighted by atomic mass is 10.1. The number of halogens is 1. The molecule has 2 aromatic carbocycles. The first-order valence-electron chi connectivity index (χ1n) is 8.37. The number of fused-ring (bicyclic) bond motifs is 2. The van der Waals surface area contributed by atoms with Gasteiger partial charge in [0.05, 0.1) is 15.7 Å². The molecule has 0 atom stereocenters. The summed E-state index contributed by atoms with van der Waals surface area (Å²) in [5.41, 5.74) is 3.83. The number of nitrogens with zero attached hydrogens (tertiary/aromatic N) is 2. The molecular weight excluding hydrogens is 364 g/mol. The van der Waals surface area contributed by atoms with Crippen LogP contribution in [0.15, 0.2) is 48.7 Å². The van der Waals surface area contributed by atoms with E-state index in [1.807, 2.05) is 24.3 Å². The number of benzene rings is 2. The number of hydrogen-bond donors (Lipinski definition) is 2. The minimum atomic E-state index is -0.00775. The zero-order valence-electron chi connectivity index (χ0n) is 14.8. The first-order valence-corrected chi connectivity index (χ1v) is 9.57. The van der Waals surface area contributed by atoms with Gasteiger partial charge >= 0.3 is 0 Å². The number of thiazole rings is 1. The van der Waals surface area contributed by atoms with Crippen LogP contribution in [0.5, 0.6) is 0 Å². The van der Waals surface area contributed by atoms with Crippen molar-refractivity contribution in [1.82, 2.24) is 9.97 Å². The maximum absolute atomic E-state index is 6.07. The molecule has 0 spiro atoms. The Morgan fingerprint density at radius 1 is 1.00 bits per heavy atom. The summed E-state index contributed by atoms with van der Waals surface area (Å²) in [4.78, 5) is 9.10. The van der Waals surface area contributed by atoms with Crippen LogP contribution in [0.2, 0.25) is 5.02 Å². The highest BCUT2D eigenvalue weighted by atomic mass is 35.5. The smallest absolute Gasteiger partial charge is 0.184 e. The molecule has 0 fully saturated rings. The maximum atomic E-state index is 6.07. The topological polar surface area (TPSA) is 49.8 Å². The summed E-state index contributed by atoms with van der Waals surface area (Å²) in [7, 11) is 0. The summed E-state index contributed by atoms with van der Waals surface area (Å²) in [6.45, 7) is 6.40. The fourth-order valence-corrected chi connectivity index (χ4v) is 3.99. The summed E-state index contributed by atoms with van der Waals surface area (Å²) < 4.78 is 1.16. The largest absolute Gasteiger partial charge is 0.357 e. The lowest BCUT2D eigenvalue weighted by Crippen LogP contribution is -2.25. The lowest BCUT2D eigenvalue weighted by Gasteiger charge is -2.19. The van der Waals surface area contributed by atoms with E-state index in [4.69, 9.17) is 16.6 Å². The Bertz CT molecular complexity index is 1100. The fraction of sp³-hybridized carbons (Fsp3) is 0.200. The molecule has 0 unspecified atom stereocenters. The second-order valence-corrected chi connectivity index (χ2v) is 8.69. The Kier molecular flexibility index (Phi) is 4.21. The van der Waals surface area contributed by atoms with Gasteiger partial charge in [-0.1, -0.05) is 22.9 Å².